The first-order chi connectivity index (χ1) is 7.07. The van der Waals surface area contributed by atoms with E-state index in [9.17, 15) is 14.6 Å². The number of aliphatic hydroxyl groups excluding tert-OH is 1. The van der Waals surface area contributed by atoms with Gasteiger partial charge in [-0.05, 0) is 12.5 Å². The second kappa shape index (κ2) is 5.09. The fourth-order valence-electron chi connectivity index (χ4n) is 1.48. The van der Waals surface area contributed by atoms with E-state index in [0.29, 0.717) is 6.42 Å². The highest BCUT2D eigenvalue weighted by Crippen LogP contribution is 2.28. The van der Waals surface area contributed by atoms with Gasteiger partial charge in [0.2, 0.25) is 0 Å². The summed E-state index contributed by atoms with van der Waals surface area (Å²) < 4.78 is 13.0. The number of phenolic OH excluding ortho intramolecular Hbond substituents is 1. The van der Waals surface area contributed by atoms with Gasteiger partial charge in [0.25, 0.3) is 0 Å². The molecule has 0 spiro atoms. The van der Waals surface area contributed by atoms with E-state index in [0.717, 1.165) is 12.5 Å². The fraction of sp³-hybridized carbons (Fsp3) is 0.455. The minimum absolute atomic E-state index is 0.246. The first-order valence-corrected chi connectivity index (χ1v) is 4.99. The van der Waals surface area contributed by atoms with Crippen LogP contribution in [0.1, 0.15) is 31.4 Å². The molecule has 1 aromatic carbocycles. The number of benzene rings is 1. The summed E-state index contributed by atoms with van der Waals surface area (Å²) in [4.78, 5) is 0. The number of aromatic hydroxyl groups is 1. The van der Waals surface area contributed by atoms with E-state index in [4.69, 9.17) is 5.73 Å². The first kappa shape index (κ1) is 11.9. The molecule has 0 amide bonds. The lowest BCUT2D eigenvalue weighted by Crippen LogP contribution is -2.26. The summed E-state index contributed by atoms with van der Waals surface area (Å²) in [7, 11) is 0. The summed E-state index contributed by atoms with van der Waals surface area (Å²) in [5.41, 5.74) is 5.96. The number of hydrogen-bond donors (Lipinski definition) is 3. The number of rotatable bonds is 4. The van der Waals surface area contributed by atoms with Crippen molar-refractivity contribution in [1.29, 1.82) is 0 Å². The Morgan fingerprint density at radius 2 is 2.13 bits per heavy atom. The lowest BCUT2D eigenvalue weighted by molar-refractivity contribution is 0.133. The van der Waals surface area contributed by atoms with Crippen molar-refractivity contribution in [3.05, 3.63) is 29.6 Å². The van der Waals surface area contributed by atoms with Crippen LogP contribution in [0.4, 0.5) is 4.39 Å². The molecule has 15 heavy (non-hydrogen) atoms. The molecule has 0 aromatic heterocycles. The molecule has 0 saturated heterocycles. The van der Waals surface area contributed by atoms with E-state index in [1.54, 1.807) is 0 Å². The van der Waals surface area contributed by atoms with Gasteiger partial charge >= 0.3 is 0 Å². The van der Waals surface area contributed by atoms with Crippen molar-refractivity contribution >= 4 is 0 Å². The molecule has 0 fully saturated rings. The van der Waals surface area contributed by atoms with Crippen molar-refractivity contribution in [1.82, 2.24) is 0 Å². The van der Waals surface area contributed by atoms with Crippen LogP contribution in [0.5, 0.6) is 5.75 Å². The average molecular weight is 213 g/mol. The number of aliphatic hydroxyl groups is 1. The second-order valence-corrected chi connectivity index (χ2v) is 3.56. The Morgan fingerprint density at radius 3 is 2.73 bits per heavy atom. The van der Waals surface area contributed by atoms with Crippen LogP contribution in [-0.4, -0.2) is 16.3 Å². The molecule has 2 atom stereocenters. The van der Waals surface area contributed by atoms with Crippen molar-refractivity contribution in [2.45, 2.75) is 31.9 Å². The van der Waals surface area contributed by atoms with Crippen LogP contribution in [0.25, 0.3) is 0 Å². The summed E-state index contributed by atoms with van der Waals surface area (Å²) in [6.07, 6.45) is 0.546. The zero-order valence-electron chi connectivity index (χ0n) is 8.65. The lowest BCUT2D eigenvalue weighted by Gasteiger charge is -2.19. The molecule has 4 N–H and O–H groups in total. The van der Waals surface area contributed by atoms with Gasteiger partial charge in [-0.15, -0.1) is 0 Å². The highest BCUT2D eigenvalue weighted by Gasteiger charge is 2.20. The largest absolute Gasteiger partial charge is 0.505 e. The van der Waals surface area contributed by atoms with Crippen molar-refractivity contribution in [3.63, 3.8) is 0 Å². The molecule has 3 nitrogen and oxygen atoms in total. The van der Waals surface area contributed by atoms with Crippen LogP contribution in [0.3, 0.4) is 0 Å². The summed E-state index contributed by atoms with van der Waals surface area (Å²) in [5, 5.41) is 19.0. The zero-order valence-corrected chi connectivity index (χ0v) is 8.65. The molecule has 0 radical (unpaired) electrons. The summed E-state index contributed by atoms with van der Waals surface area (Å²) >= 11 is 0. The SMILES string of the molecule is CCC[C@H](O)[C@H](N)c1cccc(F)c1O. The van der Waals surface area contributed by atoms with Gasteiger partial charge in [-0.1, -0.05) is 25.5 Å². The zero-order chi connectivity index (χ0) is 11.4. The maximum absolute atomic E-state index is 13.0. The molecule has 0 aliphatic carbocycles. The fourth-order valence-corrected chi connectivity index (χ4v) is 1.48. The number of nitrogens with two attached hydrogens (primary N) is 1. The van der Waals surface area contributed by atoms with E-state index in [1.807, 2.05) is 6.92 Å². The third-order valence-corrected chi connectivity index (χ3v) is 2.38. The predicted molar refractivity (Wildman–Crippen MR) is 55.9 cm³/mol. The third kappa shape index (κ3) is 2.67. The minimum Gasteiger partial charge on any atom is -0.505 e. The van der Waals surface area contributed by atoms with Gasteiger partial charge in [-0.25, -0.2) is 4.39 Å². The molecular formula is C11H16FNO2. The summed E-state index contributed by atoms with van der Waals surface area (Å²) in [6, 6.07) is 3.38. The molecule has 0 saturated carbocycles. The monoisotopic (exact) mass is 213 g/mol. The molecular weight excluding hydrogens is 197 g/mol. The number of halogens is 1. The van der Waals surface area contributed by atoms with Crippen LogP contribution in [0.15, 0.2) is 18.2 Å². The van der Waals surface area contributed by atoms with E-state index in [2.05, 4.69) is 0 Å². The molecule has 0 aliphatic heterocycles. The highest BCUT2D eigenvalue weighted by atomic mass is 19.1. The van der Waals surface area contributed by atoms with E-state index in [-0.39, 0.29) is 5.56 Å². The van der Waals surface area contributed by atoms with Gasteiger partial charge < -0.3 is 15.9 Å². The van der Waals surface area contributed by atoms with E-state index >= 15 is 0 Å². The molecule has 0 unspecified atom stereocenters. The lowest BCUT2D eigenvalue weighted by atomic mass is 9.98. The number of hydrogen-bond acceptors (Lipinski definition) is 3. The van der Waals surface area contributed by atoms with Gasteiger partial charge in [0.05, 0.1) is 12.1 Å². The van der Waals surface area contributed by atoms with Gasteiger partial charge in [-0.3, -0.25) is 0 Å². The van der Waals surface area contributed by atoms with Crippen LogP contribution in [0.2, 0.25) is 0 Å². The van der Waals surface area contributed by atoms with Crippen LogP contribution in [0, 0.1) is 5.82 Å². The average Bonchev–Trinajstić information content (AvgIpc) is 2.21. The maximum Gasteiger partial charge on any atom is 0.165 e. The Hall–Kier alpha value is -1.13. The molecule has 1 rings (SSSR count). The van der Waals surface area contributed by atoms with Crippen molar-refractivity contribution in [3.8, 4) is 5.75 Å². The first-order valence-electron chi connectivity index (χ1n) is 4.99. The van der Waals surface area contributed by atoms with E-state index in [1.165, 1.54) is 12.1 Å². The molecule has 0 heterocycles. The second-order valence-electron chi connectivity index (χ2n) is 3.56. The Morgan fingerprint density at radius 1 is 1.47 bits per heavy atom. The Bertz CT molecular complexity index is 330. The minimum atomic E-state index is -0.761. The molecule has 4 heteroatoms. The van der Waals surface area contributed by atoms with Gasteiger partial charge in [0.15, 0.2) is 11.6 Å². The summed E-state index contributed by atoms with van der Waals surface area (Å²) in [6.45, 7) is 1.92. The van der Waals surface area contributed by atoms with Crippen molar-refractivity contribution in [2.75, 3.05) is 0 Å². The Labute approximate surface area is 88.4 Å². The standard InChI is InChI=1S/C11H16FNO2/c1-2-4-9(14)10(13)7-5-3-6-8(12)11(7)15/h3,5-6,9-10,14-15H,2,4,13H2,1H3/t9-,10+/m0/s1. The van der Waals surface area contributed by atoms with E-state index < -0.39 is 23.7 Å². The smallest absolute Gasteiger partial charge is 0.165 e. The quantitative estimate of drug-likeness (QED) is 0.713. The van der Waals surface area contributed by atoms with Crippen molar-refractivity contribution in [2.24, 2.45) is 5.73 Å². The normalized spacial score (nSPS) is 14.9. The van der Waals surface area contributed by atoms with Crippen LogP contribution in [-0.2, 0) is 0 Å². The third-order valence-electron chi connectivity index (χ3n) is 2.38. The predicted octanol–water partition coefficient (Wildman–Crippen LogP) is 1.69. The van der Waals surface area contributed by atoms with Gasteiger partial charge in [0, 0.05) is 5.56 Å². The highest BCUT2D eigenvalue weighted by molar-refractivity contribution is 5.36. The number of phenols is 1. The van der Waals surface area contributed by atoms with Crippen LogP contribution < -0.4 is 5.73 Å². The number of para-hydroxylation sites is 1. The summed E-state index contributed by atoms with van der Waals surface area (Å²) in [5.74, 6) is -1.19. The molecule has 0 bridgehead atoms. The van der Waals surface area contributed by atoms with Gasteiger partial charge in [0.1, 0.15) is 0 Å². The van der Waals surface area contributed by atoms with Crippen molar-refractivity contribution < 1.29 is 14.6 Å². The molecule has 84 valence electrons. The topological polar surface area (TPSA) is 66.5 Å². The van der Waals surface area contributed by atoms with Crippen LogP contribution >= 0.6 is 0 Å². The Balaban J connectivity index is 2.90. The maximum atomic E-state index is 13.0. The molecule has 1 aromatic rings. The van der Waals surface area contributed by atoms with Gasteiger partial charge in [-0.2, -0.15) is 0 Å². The molecule has 0 aliphatic rings. The Kier molecular flexibility index (Phi) is 4.05.